The molecule has 2 heterocycles. The Kier molecular flexibility index (Phi) is 4.78. The summed E-state index contributed by atoms with van der Waals surface area (Å²) >= 11 is 6.07. The molecular formula is C13H20ClN3O. The van der Waals surface area contributed by atoms with E-state index in [-0.39, 0.29) is 0 Å². The summed E-state index contributed by atoms with van der Waals surface area (Å²) in [5.41, 5.74) is 0. The quantitative estimate of drug-likeness (QED) is 0.788. The van der Waals surface area contributed by atoms with Crippen LogP contribution in [0.5, 0.6) is 0 Å². The molecule has 1 aliphatic rings. The Balaban J connectivity index is 2.15. The van der Waals surface area contributed by atoms with Crippen LogP contribution in [0, 0.1) is 0 Å². The first-order chi connectivity index (χ1) is 8.70. The lowest BCUT2D eigenvalue weighted by molar-refractivity contribution is 0.0853. The summed E-state index contributed by atoms with van der Waals surface area (Å²) in [4.78, 5) is 11.0. The highest BCUT2D eigenvalue weighted by Gasteiger charge is 2.20. The topological polar surface area (TPSA) is 38.2 Å². The van der Waals surface area contributed by atoms with Gasteiger partial charge >= 0.3 is 0 Å². The zero-order chi connectivity index (χ0) is 13.0. The maximum Gasteiger partial charge on any atom is 0.134 e. The van der Waals surface area contributed by atoms with Crippen molar-refractivity contribution in [2.75, 3.05) is 25.2 Å². The third kappa shape index (κ3) is 3.33. The van der Waals surface area contributed by atoms with E-state index in [4.69, 9.17) is 16.3 Å². The van der Waals surface area contributed by atoms with E-state index in [9.17, 15) is 0 Å². The van der Waals surface area contributed by atoms with Crippen molar-refractivity contribution in [3.05, 3.63) is 17.0 Å². The zero-order valence-corrected chi connectivity index (χ0v) is 11.8. The average molecular weight is 270 g/mol. The summed E-state index contributed by atoms with van der Waals surface area (Å²) in [5, 5.41) is 0.530. The van der Waals surface area contributed by atoms with E-state index in [1.807, 2.05) is 6.07 Å². The van der Waals surface area contributed by atoms with Gasteiger partial charge in [0.15, 0.2) is 0 Å². The molecule has 1 aliphatic heterocycles. The van der Waals surface area contributed by atoms with E-state index in [2.05, 4.69) is 28.8 Å². The lowest BCUT2D eigenvalue weighted by Gasteiger charge is -2.32. The van der Waals surface area contributed by atoms with Crippen LogP contribution in [-0.2, 0) is 11.2 Å². The second kappa shape index (κ2) is 6.34. The van der Waals surface area contributed by atoms with Gasteiger partial charge in [-0.3, -0.25) is 0 Å². The summed E-state index contributed by atoms with van der Waals surface area (Å²) in [6.45, 7) is 3.78. The number of ether oxygens (including phenoxy) is 1. The summed E-state index contributed by atoms with van der Waals surface area (Å²) in [7, 11) is 2.07. The largest absolute Gasteiger partial charge is 0.381 e. The highest BCUT2D eigenvalue weighted by molar-refractivity contribution is 6.29. The Bertz CT molecular complexity index is 394. The number of nitrogens with zero attached hydrogens (tertiary/aromatic N) is 3. The molecule has 0 radical (unpaired) electrons. The second-order valence-corrected chi connectivity index (χ2v) is 5.06. The second-order valence-electron chi connectivity index (χ2n) is 4.67. The number of hydrogen-bond donors (Lipinski definition) is 0. The third-order valence-electron chi connectivity index (χ3n) is 3.30. The fourth-order valence-electron chi connectivity index (χ4n) is 2.23. The Hall–Kier alpha value is -0.870. The molecule has 2 rings (SSSR count). The van der Waals surface area contributed by atoms with Crippen LogP contribution in [0.15, 0.2) is 6.07 Å². The van der Waals surface area contributed by atoms with Gasteiger partial charge in [-0.25, -0.2) is 9.97 Å². The van der Waals surface area contributed by atoms with Crippen LogP contribution in [0.25, 0.3) is 0 Å². The van der Waals surface area contributed by atoms with E-state index >= 15 is 0 Å². The molecule has 4 nitrogen and oxygen atoms in total. The van der Waals surface area contributed by atoms with Crippen molar-refractivity contribution in [1.29, 1.82) is 0 Å². The Morgan fingerprint density at radius 1 is 1.39 bits per heavy atom. The van der Waals surface area contributed by atoms with Crippen molar-refractivity contribution in [2.24, 2.45) is 0 Å². The molecule has 0 unspecified atom stereocenters. The van der Waals surface area contributed by atoms with Crippen LogP contribution >= 0.6 is 11.6 Å². The number of aromatic nitrogens is 2. The smallest absolute Gasteiger partial charge is 0.134 e. The van der Waals surface area contributed by atoms with Crippen LogP contribution in [0.1, 0.15) is 32.0 Å². The molecule has 1 aromatic rings. The molecule has 100 valence electrons. The fraction of sp³-hybridized carbons (Fsp3) is 0.692. The first-order valence-electron chi connectivity index (χ1n) is 6.54. The standard InChI is InChI=1S/C13H20ClN3O/c1-3-4-12-15-11(14)9-13(16-12)17(2)10-5-7-18-8-6-10/h9-10H,3-8H2,1-2H3. The van der Waals surface area contributed by atoms with E-state index in [0.717, 1.165) is 50.5 Å². The number of aryl methyl sites for hydroxylation is 1. The minimum atomic E-state index is 0.485. The third-order valence-corrected chi connectivity index (χ3v) is 3.49. The van der Waals surface area contributed by atoms with Gasteiger partial charge in [-0.2, -0.15) is 0 Å². The highest BCUT2D eigenvalue weighted by atomic mass is 35.5. The van der Waals surface area contributed by atoms with Gasteiger partial charge in [0.2, 0.25) is 0 Å². The van der Waals surface area contributed by atoms with Crippen molar-refractivity contribution in [3.63, 3.8) is 0 Å². The molecular weight excluding hydrogens is 250 g/mol. The van der Waals surface area contributed by atoms with Gasteiger partial charge in [0.25, 0.3) is 0 Å². The number of hydrogen-bond acceptors (Lipinski definition) is 4. The number of halogens is 1. The Morgan fingerprint density at radius 2 is 2.11 bits per heavy atom. The summed E-state index contributed by atoms with van der Waals surface area (Å²) in [5.74, 6) is 1.75. The van der Waals surface area contributed by atoms with E-state index in [0.29, 0.717) is 11.2 Å². The molecule has 0 aliphatic carbocycles. The summed E-state index contributed by atoms with van der Waals surface area (Å²) < 4.78 is 5.39. The zero-order valence-electron chi connectivity index (χ0n) is 11.0. The first kappa shape index (κ1) is 13.6. The average Bonchev–Trinajstić information content (AvgIpc) is 2.38. The van der Waals surface area contributed by atoms with Gasteiger partial charge in [0.05, 0.1) is 0 Å². The molecule has 0 saturated carbocycles. The molecule has 0 spiro atoms. The van der Waals surface area contributed by atoms with Crippen molar-refractivity contribution in [1.82, 2.24) is 9.97 Å². The SMILES string of the molecule is CCCc1nc(Cl)cc(N(C)C2CCOCC2)n1. The molecule has 18 heavy (non-hydrogen) atoms. The van der Waals surface area contributed by atoms with Gasteiger partial charge in [0.1, 0.15) is 16.8 Å². The maximum atomic E-state index is 6.07. The van der Waals surface area contributed by atoms with Crippen LogP contribution in [0.3, 0.4) is 0 Å². The molecule has 0 atom stereocenters. The molecule has 1 saturated heterocycles. The Labute approximate surface area is 113 Å². The Morgan fingerprint density at radius 3 is 2.78 bits per heavy atom. The van der Waals surface area contributed by atoms with Gasteiger partial charge in [-0.15, -0.1) is 0 Å². The number of rotatable bonds is 4. The molecule has 0 bridgehead atoms. The van der Waals surface area contributed by atoms with Gasteiger partial charge < -0.3 is 9.64 Å². The van der Waals surface area contributed by atoms with E-state index in [1.54, 1.807) is 0 Å². The van der Waals surface area contributed by atoms with Gasteiger partial charge in [-0.1, -0.05) is 18.5 Å². The van der Waals surface area contributed by atoms with Crippen molar-refractivity contribution in [2.45, 2.75) is 38.6 Å². The van der Waals surface area contributed by atoms with Crippen molar-refractivity contribution in [3.8, 4) is 0 Å². The molecule has 0 aromatic carbocycles. The molecule has 0 amide bonds. The van der Waals surface area contributed by atoms with Crippen LogP contribution < -0.4 is 4.90 Å². The molecule has 0 N–H and O–H groups in total. The number of anilines is 1. The maximum absolute atomic E-state index is 6.07. The van der Waals surface area contributed by atoms with Crippen molar-refractivity contribution >= 4 is 17.4 Å². The predicted molar refractivity (Wildman–Crippen MR) is 73.3 cm³/mol. The predicted octanol–water partition coefficient (Wildman–Crippen LogP) is 2.70. The molecule has 1 fully saturated rings. The van der Waals surface area contributed by atoms with E-state index < -0.39 is 0 Å². The lowest BCUT2D eigenvalue weighted by atomic mass is 10.1. The van der Waals surface area contributed by atoms with Crippen LogP contribution in [0.2, 0.25) is 5.15 Å². The monoisotopic (exact) mass is 269 g/mol. The lowest BCUT2D eigenvalue weighted by Crippen LogP contribution is -2.37. The molecule has 1 aromatic heterocycles. The van der Waals surface area contributed by atoms with Crippen LogP contribution in [0.4, 0.5) is 5.82 Å². The molecule has 5 heteroatoms. The van der Waals surface area contributed by atoms with Gasteiger partial charge in [-0.05, 0) is 19.3 Å². The normalized spacial score (nSPS) is 16.8. The van der Waals surface area contributed by atoms with Crippen LogP contribution in [-0.4, -0.2) is 36.3 Å². The minimum Gasteiger partial charge on any atom is -0.381 e. The highest BCUT2D eigenvalue weighted by Crippen LogP contribution is 2.21. The minimum absolute atomic E-state index is 0.485. The van der Waals surface area contributed by atoms with Crippen molar-refractivity contribution < 1.29 is 4.74 Å². The summed E-state index contributed by atoms with van der Waals surface area (Å²) in [6.07, 6.45) is 3.98. The van der Waals surface area contributed by atoms with Gasteiger partial charge in [0, 0.05) is 38.8 Å². The summed E-state index contributed by atoms with van der Waals surface area (Å²) in [6, 6.07) is 2.33. The fourth-order valence-corrected chi connectivity index (χ4v) is 2.42. The first-order valence-corrected chi connectivity index (χ1v) is 6.92. The van der Waals surface area contributed by atoms with E-state index in [1.165, 1.54) is 0 Å².